The molecule has 1 fully saturated rings. The van der Waals surface area contributed by atoms with Crippen LogP contribution >= 0.6 is 0 Å². The maximum atomic E-state index is 12.1. The van der Waals surface area contributed by atoms with E-state index in [9.17, 15) is 9.90 Å². The first-order valence-corrected chi connectivity index (χ1v) is 7.25. The van der Waals surface area contributed by atoms with Crippen molar-refractivity contribution in [3.05, 3.63) is 23.8 Å². The van der Waals surface area contributed by atoms with Crippen LogP contribution in [0.25, 0.3) is 0 Å². The molecule has 1 saturated heterocycles. The number of nitrogens with one attached hydrogen (secondary N) is 2. The van der Waals surface area contributed by atoms with Gasteiger partial charge in [0.2, 0.25) is 5.91 Å². The third-order valence-electron chi connectivity index (χ3n) is 3.85. The van der Waals surface area contributed by atoms with Gasteiger partial charge in [-0.2, -0.15) is 0 Å². The molecule has 2 aliphatic heterocycles. The first-order valence-electron chi connectivity index (χ1n) is 7.25. The van der Waals surface area contributed by atoms with Gasteiger partial charge in [0.15, 0.2) is 11.5 Å². The molecule has 0 aliphatic carbocycles. The van der Waals surface area contributed by atoms with E-state index in [4.69, 9.17) is 9.47 Å². The maximum absolute atomic E-state index is 12.1. The van der Waals surface area contributed by atoms with Gasteiger partial charge in [0.25, 0.3) is 0 Å². The zero-order valence-corrected chi connectivity index (χ0v) is 12.0. The molecule has 0 radical (unpaired) electrons. The summed E-state index contributed by atoms with van der Waals surface area (Å²) in [6.45, 7) is 3.50. The molecule has 1 amide bonds. The van der Waals surface area contributed by atoms with Crippen LogP contribution in [0, 0.1) is 0 Å². The number of ether oxygens (including phenoxy) is 2. The Morgan fingerprint density at radius 3 is 2.86 bits per heavy atom. The highest BCUT2D eigenvalue weighted by atomic mass is 16.6. The van der Waals surface area contributed by atoms with E-state index in [0.29, 0.717) is 31.9 Å². The average Bonchev–Trinajstić information content (AvgIpc) is 2.93. The molecule has 3 rings (SSSR count). The van der Waals surface area contributed by atoms with Gasteiger partial charge in [0, 0.05) is 6.54 Å². The molecule has 0 spiro atoms. The Morgan fingerprint density at radius 1 is 1.38 bits per heavy atom. The van der Waals surface area contributed by atoms with Crippen LogP contribution < -0.4 is 20.1 Å². The number of aliphatic hydroxyl groups is 1. The second-order valence-electron chi connectivity index (χ2n) is 5.48. The van der Waals surface area contributed by atoms with Crippen LogP contribution in [0.5, 0.6) is 11.5 Å². The molecule has 6 nitrogen and oxygen atoms in total. The van der Waals surface area contributed by atoms with Crippen molar-refractivity contribution in [1.29, 1.82) is 0 Å². The molecule has 0 unspecified atom stereocenters. The third-order valence-corrected chi connectivity index (χ3v) is 3.85. The summed E-state index contributed by atoms with van der Waals surface area (Å²) >= 11 is 0. The molecular weight excluding hydrogens is 272 g/mol. The summed E-state index contributed by atoms with van der Waals surface area (Å²) in [5, 5.41) is 15.4. The summed E-state index contributed by atoms with van der Waals surface area (Å²) in [5.74, 6) is 1.37. The van der Waals surface area contributed by atoms with E-state index in [1.807, 2.05) is 25.1 Å². The van der Waals surface area contributed by atoms with Crippen LogP contribution in [0.15, 0.2) is 18.2 Å². The van der Waals surface area contributed by atoms with Gasteiger partial charge in [0.1, 0.15) is 13.2 Å². The van der Waals surface area contributed by atoms with Gasteiger partial charge in [-0.05, 0) is 31.0 Å². The lowest BCUT2D eigenvalue weighted by Crippen LogP contribution is -2.41. The third kappa shape index (κ3) is 3.11. The van der Waals surface area contributed by atoms with Crippen LogP contribution in [0.2, 0.25) is 0 Å². The molecule has 3 N–H and O–H groups in total. The highest BCUT2D eigenvalue weighted by molar-refractivity contribution is 5.82. The average molecular weight is 292 g/mol. The van der Waals surface area contributed by atoms with Crippen LogP contribution in [0.3, 0.4) is 0 Å². The van der Waals surface area contributed by atoms with E-state index in [2.05, 4.69) is 10.6 Å². The molecule has 1 aromatic rings. The second-order valence-corrected chi connectivity index (χ2v) is 5.48. The van der Waals surface area contributed by atoms with Crippen molar-refractivity contribution >= 4 is 5.91 Å². The fourth-order valence-electron chi connectivity index (χ4n) is 2.64. The van der Waals surface area contributed by atoms with Gasteiger partial charge in [-0.25, -0.2) is 0 Å². The first kappa shape index (κ1) is 14.2. The van der Waals surface area contributed by atoms with Gasteiger partial charge >= 0.3 is 0 Å². The number of carbonyl (C=O) groups excluding carboxylic acids is 1. The predicted octanol–water partition coefficient (Wildman–Crippen LogP) is 0.358. The van der Waals surface area contributed by atoms with Crippen molar-refractivity contribution in [1.82, 2.24) is 10.6 Å². The quantitative estimate of drug-likeness (QED) is 0.749. The summed E-state index contributed by atoms with van der Waals surface area (Å²) < 4.78 is 11.0. The molecule has 0 saturated carbocycles. The van der Waals surface area contributed by atoms with E-state index >= 15 is 0 Å². The SMILES string of the molecule is C[C@H](NC(=O)[C@H]1C[C@H](O)CN1)c1ccc2c(c1)OCCO2. The summed E-state index contributed by atoms with van der Waals surface area (Å²) in [7, 11) is 0. The molecule has 6 heteroatoms. The molecule has 114 valence electrons. The van der Waals surface area contributed by atoms with E-state index in [-0.39, 0.29) is 18.0 Å². The number of aliphatic hydroxyl groups excluding tert-OH is 1. The summed E-state index contributed by atoms with van der Waals surface area (Å²) in [5.41, 5.74) is 0.964. The number of amides is 1. The highest BCUT2D eigenvalue weighted by Gasteiger charge is 2.29. The lowest BCUT2D eigenvalue weighted by molar-refractivity contribution is -0.123. The van der Waals surface area contributed by atoms with Crippen LogP contribution in [0.4, 0.5) is 0 Å². The predicted molar refractivity (Wildman–Crippen MR) is 76.4 cm³/mol. The van der Waals surface area contributed by atoms with Crippen LogP contribution in [-0.2, 0) is 4.79 Å². The lowest BCUT2D eigenvalue weighted by Gasteiger charge is -2.22. The van der Waals surface area contributed by atoms with Gasteiger partial charge < -0.3 is 25.2 Å². The number of carbonyl (C=O) groups is 1. The molecule has 2 heterocycles. The van der Waals surface area contributed by atoms with E-state index in [0.717, 1.165) is 11.3 Å². The van der Waals surface area contributed by atoms with Crippen molar-refractivity contribution in [3.63, 3.8) is 0 Å². The van der Waals surface area contributed by atoms with Crippen molar-refractivity contribution in [2.45, 2.75) is 31.5 Å². The zero-order chi connectivity index (χ0) is 14.8. The smallest absolute Gasteiger partial charge is 0.237 e. The minimum atomic E-state index is -0.439. The van der Waals surface area contributed by atoms with Gasteiger partial charge in [-0.1, -0.05) is 6.07 Å². The fraction of sp³-hybridized carbons (Fsp3) is 0.533. The normalized spacial score (nSPS) is 25.4. The number of hydrogen-bond acceptors (Lipinski definition) is 5. The topological polar surface area (TPSA) is 79.8 Å². The molecule has 2 aliphatic rings. The van der Waals surface area contributed by atoms with Crippen LogP contribution in [0.1, 0.15) is 24.9 Å². The molecule has 1 aromatic carbocycles. The number of fused-ring (bicyclic) bond motifs is 1. The Hall–Kier alpha value is -1.79. The van der Waals surface area contributed by atoms with E-state index in [1.165, 1.54) is 0 Å². The summed E-state index contributed by atoms with van der Waals surface area (Å²) in [6, 6.07) is 5.24. The maximum Gasteiger partial charge on any atom is 0.237 e. The summed E-state index contributed by atoms with van der Waals surface area (Å²) in [4.78, 5) is 12.1. The fourth-order valence-corrected chi connectivity index (χ4v) is 2.64. The second kappa shape index (κ2) is 5.91. The number of β-amino-alcohol motifs (C(OH)–C–C–N with tert-alkyl or cyclic N) is 1. The van der Waals surface area contributed by atoms with E-state index in [1.54, 1.807) is 0 Å². The molecular formula is C15H20N2O4. The molecule has 3 atom stereocenters. The Kier molecular flexibility index (Phi) is 3.98. The monoisotopic (exact) mass is 292 g/mol. The molecule has 21 heavy (non-hydrogen) atoms. The molecule has 0 bridgehead atoms. The zero-order valence-electron chi connectivity index (χ0n) is 12.0. The first-order chi connectivity index (χ1) is 10.1. The Morgan fingerprint density at radius 2 is 2.14 bits per heavy atom. The van der Waals surface area contributed by atoms with E-state index < -0.39 is 6.10 Å². The van der Waals surface area contributed by atoms with Gasteiger partial charge in [0.05, 0.1) is 18.2 Å². The minimum absolute atomic E-state index is 0.0889. The van der Waals surface area contributed by atoms with Crippen molar-refractivity contribution in [3.8, 4) is 11.5 Å². The van der Waals surface area contributed by atoms with Crippen molar-refractivity contribution < 1.29 is 19.4 Å². The largest absolute Gasteiger partial charge is 0.486 e. The summed E-state index contributed by atoms with van der Waals surface area (Å²) in [6.07, 6.45) is 0.0185. The molecule has 0 aromatic heterocycles. The Bertz CT molecular complexity index is 534. The van der Waals surface area contributed by atoms with Crippen molar-refractivity contribution in [2.75, 3.05) is 19.8 Å². The minimum Gasteiger partial charge on any atom is -0.486 e. The number of benzene rings is 1. The van der Waals surface area contributed by atoms with Crippen molar-refractivity contribution in [2.24, 2.45) is 0 Å². The van der Waals surface area contributed by atoms with Crippen LogP contribution in [-0.4, -0.2) is 42.9 Å². The number of rotatable bonds is 3. The Labute approximate surface area is 123 Å². The Balaban J connectivity index is 1.65. The standard InChI is InChI=1S/C15H20N2O4/c1-9(17-15(19)12-7-11(18)8-16-12)10-2-3-13-14(6-10)21-5-4-20-13/h2-3,6,9,11-12,16,18H,4-5,7-8H2,1H3,(H,17,19)/t9-,11-,12+/m0/s1. The lowest BCUT2D eigenvalue weighted by atomic mass is 10.1. The van der Waals surface area contributed by atoms with Gasteiger partial charge in [-0.15, -0.1) is 0 Å². The number of hydrogen-bond donors (Lipinski definition) is 3. The van der Waals surface area contributed by atoms with Gasteiger partial charge in [-0.3, -0.25) is 4.79 Å². The highest BCUT2D eigenvalue weighted by Crippen LogP contribution is 2.32.